The van der Waals surface area contributed by atoms with Gasteiger partial charge in [0.25, 0.3) is 10.0 Å². The second-order valence-electron chi connectivity index (χ2n) is 4.17. The molecule has 102 valence electrons. The first kappa shape index (κ1) is 14.0. The average Bonchev–Trinajstić information content (AvgIpc) is 2.70. The van der Waals surface area contributed by atoms with Crippen LogP contribution in [0.5, 0.6) is 0 Å². The molecule has 0 atom stereocenters. The van der Waals surface area contributed by atoms with Crippen LogP contribution in [0.4, 0.5) is 0 Å². The lowest BCUT2D eigenvalue weighted by atomic mass is 10.2. The Morgan fingerprint density at radius 2 is 1.89 bits per heavy atom. The number of hydrogen-bond acceptors (Lipinski definition) is 4. The highest BCUT2D eigenvalue weighted by atomic mass is 32.2. The number of thiazole rings is 1. The number of aromatic amines is 1. The summed E-state index contributed by atoms with van der Waals surface area (Å²) in [6, 6.07) is 9.31. The molecular formula is C12H14N2O3S2. The first-order valence-electron chi connectivity index (χ1n) is 5.61. The molecule has 7 heteroatoms. The third-order valence-corrected chi connectivity index (χ3v) is 6.06. The summed E-state index contributed by atoms with van der Waals surface area (Å²) in [5, 5.41) is 0. The van der Waals surface area contributed by atoms with Crippen molar-refractivity contribution in [2.45, 2.75) is 17.7 Å². The molecule has 0 aliphatic carbocycles. The monoisotopic (exact) mass is 298 g/mol. The Hall–Kier alpha value is -1.44. The van der Waals surface area contributed by atoms with Gasteiger partial charge in [-0.15, -0.1) is 0 Å². The standard InChI is InChI=1S/C12H14N2O3S2/c1-9-11(18-12(15)13-9)19(16,17)14(2)8-10-6-4-3-5-7-10/h3-7H,8H2,1-2H3,(H,13,15). The van der Waals surface area contributed by atoms with Crippen LogP contribution in [0.2, 0.25) is 0 Å². The zero-order valence-electron chi connectivity index (χ0n) is 10.6. The molecule has 1 heterocycles. The highest BCUT2D eigenvalue weighted by Gasteiger charge is 2.25. The Morgan fingerprint density at radius 3 is 2.42 bits per heavy atom. The maximum absolute atomic E-state index is 12.3. The summed E-state index contributed by atoms with van der Waals surface area (Å²) < 4.78 is 26.0. The molecule has 19 heavy (non-hydrogen) atoms. The Labute approximate surface area is 115 Å². The van der Waals surface area contributed by atoms with Crippen molar-refractivity contribution in [2.75, 3.05) is 7.05 Å². The Balaban J connectivity index is 2.30. The zero-order valence-corrected chi connectivity index (χ0v) is 12.2. The number of aromatic nitrogens is 1. The van der Waals surface area contributed by atoms with Gasteiger partial charge in [-0.05, 0) is 12.5 Å². The summed E-state index contributed by atoms with van der Waals surface area (Å²) >= 11 is 0.719. The van der Waals surface area contributed by atoms with Crippen molar-refractivity contribution in [1.82, 2.24) is 9.29 Å². The predicted molar refractivity (Wildman–Crippen MR) is 74.8 cm³/mol. The maximum Gasteiger partial charge on any atom is 0.305 e. The minimum Gasteiger partial charge on any atom is -0.315 e. The van der Waals surface area contributed by atoms with E-state index in [1.165, 1.54) is 11.4 Å². The van der Waals surface area contributed by atoms with Crippen molar-refractivity contribution in [3.63, 3.8) is 0 Å². The summed E-state index contributed by atoms with van der Waals surface area (Å²) in [5.74, 6) is 0. The van der Waals surface area contributed by atoms with Crippen molar-refractivity contribution in [3.8, 4) is 0 Å². The number of hydrogen-bond donors (Lipinski definition) is 1. The lowest BCUT2D eigenvalue weighted by Crippen LogP contribution is -2.26. The number of H-pyrrole nitrogens is 1. The third kappa shape index (κ3) is 2.94. The molecule has 2 rings (SSSR count). The van der Waals surface area contributed by atoms with Crippen LogP contribution < -0.4 is 4.87 Å². The van der Waals surface area contributed by atoms with Crippen LogP contribution in [0.3, 0.4) is 0 Å². The van der Waals surface area contributed by atoms with Crippen molar-refractivity contribution in [3.05, 3.63) is 51.3 Å². The van der Waals surface area contributed by atoms with Crippen molar-refractivity contribution in [1.29, 1.82) is 0 Å². The first-order valence-corrected chi connectivity index (χ1v) is 7.87. The maximum atomic E-state index is 12.3. The molecule has 0 saturated carbocycles. The Kier molecular flexibility index (Phi) is 3.88. The van der Waals surface area contributed by atoms with E-state index in [4.69, 9.17) is 0 Å². The molecule has 0 unspecified atom stereocenters. The van der Waals surface area contributed by atoms with E-state index < -0.39 is 10.0 Å². The van der Waals surface area contributed by atoms with Gasteiger partial charge in [-0.1, -0.05) is 41.7 Å². The van der Waals surface area contributed by atoms with Gasteiger partial charge in [0.05, 0.1) is 0 Å². The fourth-order valence-electron chi connectivity index (χ4n) is 1.70. The minimum atomic E-state index is -3.63. The topological polar surface area (TPSA) is 70.2 Å². The number of rotatable bonds is 4. The number of sulfonamides is 1. The number of aryl methyl sites for hydroxylation is 1. The second-order valence-corrected chi connectivity index (χ2v) is 7.40. The van der Waals surface area contributed by atoms with E-state index in [1.54, 1.807) is 6.92 Å². The molecule has 0 spiro atoms. The van der Waals surface area contributed by atoms with Crippen LogP contribution in [-0.4, -0.2) is 24.8 Å². The molecule has 1 aromatic heterocycles. The van der Waals surface area contributed by atoms with E-state index in [9.17, 15) is 13.2 Å². The molecule has 0 radical (unpaired) electrons. The van der Waals surface area contributed by atoms with E-state index in [1.807, 2.05) is 30.3 Å². The van der Waals surface area contributed by atoms with Gasteiger partial charge in [0.15, 0.2) is 4.21 Å². The molecule has 0 amide bonds. The van der Waals surface area contributed by atoms with Crippen molar-refractivity contribution in [2.24, 2.45) is 0 Å². The highest BCUT2D eigenvalue weighted by Crippen LogP contribution is 2.21. The second kappa shape index (κ2) is 5.28. The van der Waals surface area contributed by atoms with Crippen LogP contribution in [0.25, 0.3) is 0 Å². The molecular weight excluding hydrogens is 284 g/mol. The number of benzene rings is 1. The number of nitrogens with one attached hydrogen (secondary N) is 1. The van der Waals surface area contributed by atoms with E-state index >= 15 is 0 Å². The Bertz CT molecular complexity index is 717. The lowest BCUT2D eigenvalue weighted by molar-refractivity contribution is 0.468. The Morgan fingerprint density at radius 1 is 1.26 bits per heavy atom. The van der Waals surface area contributed by atoms with Gasteiger partial charge in [0, 0.05) is 19.3 Å². The largest absolute Gasteiger partial charge is 0.315 e. The van der Waals surface area contributed by atoms with Gasteiger partial charge in [0.1, 0.15) is 0 Å². The molecule has 0 aliphatic rings. The first-order chi connectivity index (χ1) is 8.91. The molecule has 0 aliphatic heterocycles. The van der Waals surface area contributed by atoms with Gasteiger partial charge in [0.2, 0.25) is 0 Å². The van der Waals surface area contributed by atoms with E-state index in [2.05, 4.69) is 4.98 Å². The van der Waals surface area contributed by atoms with Gasteiger partial charge in [-0.2, -0.15) is 4.31 Å². The third-order valence-electron chi connectivity index (χ3n) is 2.67. The van der Waals surface area contributed by atoms with Gasteiger partial charge < -0.3 is 4.98 Å². The van der Waals surface area contributed by atoms with Crippen LogP contribution in [-0.2, 0) is 16.6 Å². The van der Waals surface area contributed by atoms with Gasteiger partial charge in [-0.3, -0.25) is 4.79 Å². The van der Waals surface area contributed by atoms with Gasteiger partial charge >= 0.3 is 4.87 Å². The van der Waals surface area contributed by atoms with E-state index in [0.29, 0.717) is 5.69 Å². The van der Waals surface area contributed by atoms with Crippen molar-refractivity contribution >= 4 is 21.4 Å². The van der Waals surface area contributed by atoms with Crippen LogP contribution in [0, 0.1) is 6.92 Å². The van der Waals surface area contributed by atoms with Crippen LogP contribution >= 0.6 is 11.3 Å². The molecule has 0 fully saturated rings. The highest BCUT2D eigenvalue weighted by molar-refractivity contribution is 7.91. The summed E-state index contributed by atoms with van der Waals surface area (Å²) in [6.45, 7) is 1.86. The fourth-order valence-corrected chi connectivity index (χ4v) is 4.35. The zero-order chi connectivity index (χ0) is 14.0. The average molecular weight is 298 g/mol. The summed E-state index contributed by atoms with van der Waals surface area (Å²) in [6.07, 6.45) is 0. The summed E-state index contributed by atoms with van der Waals surface area (Å²) in [7, 11) is -2.12. The molecule has 0 saturated heterocycles. The van der Waals surface area contributed by atoms with Gasteiger partial charge in [-0.25, -0.2) is 8.42 Å². The van der Waals surface area contributed by atoms with E-state index in [-0.39, 0.29) is 15.6 Å². The predicted octanol–water partition coefficient (Wildman–Crippen LogP) is 1.57. The quantitative estimate of drug-likeness (QED) is 0.931. The summed E-state index contributed by atoms with van der Waals surface area (Å²) in [5.41, 5.74) is 1.28. The van der Waals surface area contributed by atoms with Crippen LogP contribution in [0.15, 0.2) is 39.3 Å². The molecule has 0 bridgehead atoms. The molecule has 5 nitrogen and oxygen atoms in total. The number of nitrogens with zero attached hydrogens (tertiary/aromatic N) is 1. The molecule has 1 aromatic carbocycles. The fraction of sp³-hybridized carbons (Fsp3) is 0.250. The normalized spacial score (nSPS) is 11.9. The van der Waals surface area contributed by atoms with E-state index in [0.717, 1.165) is 16.9 Å². The minimum absolute atomic E-state index is 0.0796. The van der Waals surface area contributed by atoms with Crippen LogP contribution in [0.1, 0.15) is 11.3 Å². The lowest BCUT2D eigenvalue weighted by Gasteiger charge is -2.16. The summed E-state index contributed by atoms with van der Waals surface area (Å²) in [4.78, 5) is 13.4. The molecule has 1 N–H and O–H groups in total. The smallest absolute Gasteiger partial charge is 0.305 e. The van der Waals surface area contributed by atoms with Crippen molar-refractivity contribution < 1.29 is 8.42 Å². The molecule has 2 aromatic rings. The SMILES string of the molecule is Cc1[nH]c(=O)sc1S(=O)(=O)N(C)Cc1ccccc1.